The molecule has 9 heteroatoms. The van der Waals surface area contributed by atoms with Gasteiger partial charge in [0.2, 0.25) is 5.88 Å². The van der Waals surface area contributed by atoms with Crippen LogP contribution in [0.25, 0.3) is 5.69 Å². The number of pyridine rings is 1. The first-order valence-electron chi connectivity index (χ1n) is 9.14. The second-order valence-electron chi connectivity index (χ2n) is 6.59. The summed E-state index contributed by atoms with van der Waals surface area (Å²) < 4.78 is 13.8. The van der Waals surface area contributed by atoms with E-state index in [-0.39, 0.29) is 12.3 Å². The maximum Gasteiger partial charge on any atom is 0.368 e. The first-order chi connectivity index (χ1) is 13.6. The Morgan fingerprint density at radius 3 is 2.64 bits per heavy atom. The van der Waals surface area contributed by atoms with E-state index in [1.54, 1.807) is 7.05 Å². The van der Waals surface area contributed by atoms with Crippen LogP contribution in [0.15, 0.2) is 41.2 Å². The van der Waals surface area contributed by atoms with Crippen molar-refractivity contribution in [3.8, 4) is 11.6 Å². The third-order valence-electron chi connectivity index (χ3n) is 4.74. The van der Waals surface area contributed by atoms with Crippen molar-refractivity contribution in [1.82, 2.24) is 24.8 Å². The SMILES string of the molecule is Cc1cccc(-n2nnn(C)c2=O)c1COc1cccc(N2CCOCC2)n1. The van der Waals surface area contributed by atoms with Crippen LogP contribution in [0.4, 0.5) is 5.82 Å². The van der Waals surface area contributed by atoms with E-state index in [1.165, 1.54) is 9.36 Å². The summed E-state index contributed by atoms with van der Waals surface area (Å²) >= 11 is 0. The first-order valence-corrected chi connectivity index (χ1v) is 9.14. The molecule has 2 aromatic heterocycles. The molecule has 0 aliphatic carbocycles. The normalized spacial score (nSPS) is 14.3. The molecule has 1 aromatic carbocycles. The Hall–Kier alpha value is -3.20. The molecule has 3 aromatic rings. The van der Waals surface area contributed by atoms with Crippen molar-refractivity contribution in [3.05, 3.63) is 58.0 Å². The van der Waals surface area contributed by atoms with Gasteiger partial charge in [-0.25, -0.2) is 4.79 Å². The molecule has 146 valence electrons. The zero-order chi connectivity index (χ0) is 19.5. The maximum atomic E-state index is 12.3. The highest BCUT2D eigenvalue weighted by atomic mass is 16.5. The van der Waals surface area contributed by atoms with Gasteiger partial charge in [0, 0.05) is 31.8 Å². The molecular formula is C19H22N6O3. The van der Waals surface area contributed by atoms with E-state index in [1.807, 2.05) is 43.3 Å². The highest BCUT2D eigenvalue weighted by Crippen LogP contribution is 2.21. The lowest BCUT2D eigenvalue weighted by atomic mass is 10.1. The second-order valence-corrected chi connectivity index (χ2v) is 6.59. The fraction of sp³-hybridized carbons (Fsp3) is 0.368. The molecule has 0 amide bonds. The van der Waals surface area contributed by atoms with Gasteiger partial charge < -0.3 is 14.4 Å². The van der Waals surface area contributed by atoms with Crippen molar-refractivity contribution in [2.75, 3.05) is 31.2 Å². The highest BCUT2D eigenvalue weighted by Gasteiger charge is 2.15. The Balaban J connectivity index is 1.57. The molecule has 0 saturated carbocycles. The number of hydrogen-bond donors (Lipinski definition) is 0. The van der Waals surface area contributed by atoms with Gasteiger partial charge in [0.25, 0.3) is 0 Å². The third kappa shape index (κ3) is 3.61. The molecule has 28 heavy (non-hydrogen) atoms. The van der Waals surface area contributed by atoms with Gasteiger partial charge >= 0.3 is 5.69 Å². The zero-order valence-corrected chi connectivity index (χ0v) is 15.9. The molecule has 4 rings (SSSR count). The molecule has 0 radical (unpaired) electrons. The van der Waals surface area contributed by atoms with E-state index in [2.05, 4.69) is 20.3 Å². The van der Waals surface area contributed by atoms with Crippen LogP contribution in [0, 0.1) is 6.92 Å². The van der Waals surface area contributed by atoms with Crippen molar-refractivity contribution < 1.29 is 9.47 Å². The number of ether oxygens (including phenoxy) is 2. The molecule has 0 bridgehead atoms. The highest BCUT2D eigenvalue weighted by molar-refractivity contribution is 5.45. The van der Waals surface area contributed by atoms with Crippen LogP contribution in [0.3, 0.4) is 0 Å². The van der Waals surface area contributed by atoms with Crippen molar-refractivity contribution in [3.63, 3.8) is 0 Å². The molecule has 1 aliphatic heterocycles. The summed E-state index contributed by atoms with van der Waals surface area (Å²) in [4.78, 5) is 19.0. The number of rotatable bonds is 5. The van der Waals surface area contributed by atoms with Crippen LogP contribution in [0.1, 0.15) is 11.1 Å². The van der Waals surface area contributed by atoms with Crippen LogP contribution >= 0.6 is 0 Å². The molecule has 3 heterocycles. The minimum atomic E-state index is -0.306. The van der Waals surface area contributed by atoms with Crippen molar-refractivity contribution >= 4 is 5.82 Å². The molecule has 0 spiro atoms. The lowest BCUT2D eigenvalue weighted by molar-refractivity contribution is 0.122. The molecule has 9 nitrogen and oxygen atoms in total. The lowest BCUT2D eigenvalue weighted by Gasteiger charge is -2.27. The Morgan fingerprint density at radius 2 is 1.89 bits per heavy atom. The minimum absolute atomic E-state index is 0.268. The third-order valence-corrected chi connectivity index (χ3v) is 4.74. The number of aryl methyl sites for hydroxylation is 2. The summed E-state index contributed by atoms with van der Waals surface area (Å²) in [6.07, 6.45) is 0. The number of benzene rings is 1. The largest absolute Gasteiger partial charge is 0.473 e. The average Bonchev–Trinajstić information content (AvgIpc) is 3.06. The van der Waals surface area contributed by atoms with Crippen molar-refractivity contribution in [2.24, 2.45) is 7.05 Å². The van der Waals surface area contributed by atoms with Gasteiger partial charge in [-0.05, 0) is 35.0 Å². The number of hydrogen-bond acceptors (Lipinski definition) is 7. The predicted molar refractivity (Wildman–Crippen MR) is 103 cm³/mol. The number of aromatic nitrogens is 5. The molecule has 0 unspecified atom stereocenters. The average molecular weight is 382 g/mol. The molecule has 1 fully saturated rings. The van der Waals surface area contributed by atoms with E-state index in [0.29, 0.717) is 24.8 Å². The first kappa shape index (κ1) is 18.2. The van der Waals surface area contributed by atoms with E-state index in [9.17, 15) is 4.79 Å². The van der Waals surface area contributed by atoms with Crippen LogP contribution in [0.5, 0.6) is 5.88 Å². The fourth-order valence-corrected chi connectivity index (χ4v) is 3.14. The van der Waals surface area contributed by atoms with Crippen molar-refractivity contribution in [2.45, 2.75) is 13.5 Å². The van der Waals surface area contributed by atoms with Gasteiger partial charge in [0.15, 0.2) is 0 Å². The Kier molecular flexibility index (Phi) is 5.07. The van der Waals surface area contributed by atoms with E-state index < -0.39 is 0 Å². The van der Waals surface area contributed by atoms with Gasteiger partial charge in [0.1, 0.15) is 12.4 Å². The van der Waals surface area contributed by atoms with Crippen LogP contribution < -0.4 is 15.3 Å². The smallest absolute Gasteiger partial charge is 0.368 e. The lowest BCUT2D eigenvalue weighted by Crippen LogP contribution is -2.36. The monoisotopic (exact) mass is 382 g/mol. The summed E-state index contributed by atoms with van der Waals surface area (Å²) in [5, 5.41) is 7.74. The summed E-state index contributed by atoms with van der Waals surface area (Å²) in [6.45, 7) is 5.27. The van der Waals surface area contributed by atoms with Gasteiger partial charge in [-0.1, -0.05) is 18.2 Å². The predicted octanol–water partition coefficient (Wildman–Crippen LogP) is 1.09. The summed E-state index contributed by atoms with van der Waals surface area (Å²) in [6, 6.07) is 11.4. The van der Waals surface area contributed by atoms with E-state index in [4.69, 9.17) is 9.47 Å². The summed E-state index contributed by atoms with van der Waals surface area (Å²) in [5.74, 6) is 1.40. The Labute approximate surface area is 162 Å². The van der Waals surface area contributed by atoms with Gasteiger partial charge in [0.05, 0.1) is 18.9 Å². The standard InChI is InChI=1S/C19H22N6O3/c1-14-5-3-6-16(25-19(26)23(2)21-22-25)15(14)13-28-18-8-4-7-17(20-18)24-9-11-27-12-10-24/h3-8H,9-13H2,1-2H3. The Morgan fingerprint density at radius 1 is 1.11 bits per heavy atom. The second kappa shape index (κ2) is 7.81. The van der Waals surface area contributed by atoms with E-state index in [0.717, 1.165) is 30.0 Å². The van der Waals surface area contributed by atoms with Crippen LogP contribution in [-0.2, 0) is 18.4 Å². The van der Waals surface area contributed by atoms with Gasteiger partial charge in [-0.15, -0.1) is 0 Å². The van der Waals surface area contributed by atoms with Crippen LogP contribution in [0.2, 0.25) is 0 Å². The fourth-order valence-electron chi connectivity index (χ4n) is 3.14. The molecular weight excluding hydrogens is 360 g/mol. The Bertz CT molecular complexity index is 1020. The molecule has 0 N–H and O–H groups in total. The minimum Gasteiger partial charge on any atom is -0.473 e. The quantitative estimate of drug-likeness (QED) is 0.653. The molecule has 1 aliphatic rings. The number of morpholine rings is 1. The topological polar surface area (TPSA) is 87.3 Å². The molecule has 1 saturated heterocycles. The van der Waals surface area contributed by atoms with Gasteiger partial charge in [-0.3, -0.25) is 0 Å². The summed E-state index contributed by atoms with van der Waals surface area (Å²) in [7, 11) is 1.57. The van der Waals surface area contributed by atoms with Crippen molar-refractivity contribution in [1.29, 1.82) is 0 Å². The number of anilines is 1. The number of nitrogens with zero attached hydrogens (tertiary/aromatic N) is 6. The van der Waals surface area contributed by atoms with E-state index >= 15 is 0 Å². The zero-order valence-electron chi connectivity index (χ0n) is 15.9. The number of tetrazole rings is 1. The maximum absolute atomic E-state index is 12.3. The van der Waals surface area contributed by atoms with Gasteiger partial charge in [-0.2, -0.15) is 14.3 Å². The molecule has 0 atom stereocenters. The summed E-state index contributed by atoms with van der Waals surface area (Å²) in [5.41, 5.74) is 2.21. The van der Waals surface area contributed by atoms with Crippen LogP contribution in [-0.4, -0.2) is 51.1 Å².